The number of hydrogen-bond donors (Lipinski definition) is 1. The third kappa shape index (κ3) is 1.60. The molecule has 0 aliphatic carbocycles. The van der Waals surface area contributed by atoms with E-state index in [0.29, 0.717) is 4.47 Å². The van der Waals surface area contributed by atoms with Crippen molar-refractivity contribution in [1.29, 1.82) is 5.26 Å². The fraction of sp³-hybridized carbons (Fsp3) is 0. The van der Waals surface area contributed by atoms with Crippen molar-refractivity contribution in [2.45, 2.75) is 0 Å². The van der Waals surface area contributed by atoms with Crippen LogP contribution in [0.4, 0.5) is 0 Å². The molecule has 0 spiro atoms. The van der Waals surface area contributed by atoms with E-state index in [4.69, 9.17) is 11.0 Å². The molecule has 0 saturated carbocycles. The second kappa shape index (κ2) is 3.32. The van der Waals surface area contributed by atoms with Gasteiger partial charge in [0.2, 0.25) is 0 Å². The highest BCUT2D eigenvalue weighted by Gasteiger charge is 2.08. The maximum Gasteiger partial charge on any atom is 0.268 e. The first kappa shape index (κ1) is 8.68. The third-order valence-corrected chi connectivity index (χ3v) is 1.64. The number of amides is 1. The molecule has 0 atom stereocenters. The lowest BCUT2D eigenvalue weighted by Crippen LogP contribution is -2.14. The summed E-state index contributed by atoms with van der Waals surface area (Å²) in [5.41, 5.74) is 5.15. The normalized spacial score (nSPS) is 9.00. The fourth-order valence-electron chi connectivity index (χ4n) is 0.721. The number of rotatable bonds is 1. The number of carbonyl (C=O) groups excluding carboxylic acids is 1. The molecule has 0 unspecified atom stereocenters. The SMILES string of the molecule is N#Cc1cc(Br)cnc1C(N)=O. The minimum atomic E-state index is -0.695. The Labute approximate surface area is 77.1 Å². The van der Waals surface area contributed by atoms with E-state index in [1.807, 2.05) is 6.07 Å². The summed E-state index contributed by atoms with van der Waals surface area (Å²) in [6, 6.07) is 3.32. The van der Waals surface area contributed by atoms with Crippen molar-refractivity contribution in [1.82, 2.24) is 4.98 Å². The molecule has 0 aliphatic heterocycles. The van der Waals surface area contributed by atoms with Crippen molar-refractivity contribution in [3.05, 3.63) is 28.0 Å². The molecule has 5 heteroatoms. The molecule has 1 heterocycles. The van der Waals surface area contributed by atoms with Crippen LogP contribution in [0.25, 0.3) is 0 Å². The van der Waals surface area contributed by atoms with Gasteiger partial charge < -0.3 is 5.73 Å². The first-order chi connectivity index (χ1) is 5.65. The topological polar surface area (TPSA) is 79.8 Å². The Hall–Kier alpha value is -1.41. The Morgan fingerprint density at radius 1 is 1.75 bits per heavy atom. The summed E-state index contributed by atoms with van der Waals surface area (Å²) in [6.45, 7) is 0. The summed E-state index contributed by atoms with van der Waals surface area (Å²) >= 11 is 3.12. The predicted molar refractivity (Wildman–Crippen MR) is 45.2 cm³/mol. The van der Waals surface area contributed by atoms with E-state index in [0.717, 1.165) is 0 Å². The van der Waals surface area contributed by atoms with Crippen LogP contribution in [0, 0.1) is 11.3 Å². The van der Waals surface area contributed by atoms with Crippen LogP contribution in [0.1, 0.15) is 16.1 Å². The number of halogens is 1. The van der Waals surface area contributed by atoms with Gasteiger partial charge in [-0.2, -0.15) is 5.26 Å². The molecule has 12 heavy (non-hydrogen) atoms. The van der Waals surface area contributed by atoms with E-state index in [1.165, 1.54) is 12.3 Å². The molecule has 0 saturated heterocycles. The molecule has 60 valence electrons. The Morgan fingerprint density at radius 3 is 2.92 bits per heavy atom. The van der Waals surface area contributed by atoms with E-state index in [-0.39, 0.29) is 11.3 Å². The van der Waals surface area contributed by atoms with Gasteiger partial charge in [0.15, 0.2) is 0 Å². The smallest absolute Gasteiger partial charge is 0.268 e. The Kier molecular flexibility index (Phi) is 2.41. The van der Waals surface area contributed by atoms with Crippen molar-refractivity contribution in [2.75, 3.05) is 0 Å². The molecule has 4 nitrogen and oxygen atoms in total. The number of nitriles is 1. The molecule has 1 aromatic heterocycles. The van der Waals surface area contributed by atoms with Gasteiger partial charge in [-0.15, -0.1) is 0 Å². The molecular formula is C7H4BrN3O. The molecule has 0 radical (unpaired) electrons. The molecule has 1 amide bonds. The number of hydrogen-bond acceptors (Lipinski definition) is 3. The van der Waals surface area contributed by atoms with Gasteiger partial charge in [-0.3, -0.25) is 4.79 Å². The van der Waals surface area contributed by atoms with Crippen LogP contribution in [0.15, 0.2) is 16.7 Å². The van der Waals surface area contributed by atoms with Crippen molar-refractivity contribution in [3.63, 3.8) is 0 Å². The minimum absolute atomic E-state index is 0.000648. The number of carbonyl (C=O) groups is 1. The number of primary amides is 1. The first-order valence-electron chi connectivity index (χ1n) is 3.00. The van der Waals surface area contributed by atoms with Gasteiger partial charge in [-0.25, -0.2) is 4.98 Å². The quantitative estimate of drug-likeness (QED) is 0.769. The zero-order valence-electron chi connectivity index (χ0n) is 5.91. The van der Waals surface area contributed by atoms with Gasteiger partial charge in [0, 0.05) is 10.7 Å². The summed E-state index contributed by atoms with van der Waals surface area (Å²) in [5.74, 6) is -0.695. The summed E-state index contributed by atoms with van der Waals surface area (Å²) in [5, 5.41) is 8.57. The number of pyridine rings is 1. The van der Waals surface area contributed by atoms with Crippen LogP contribution in [0.2, 0.25) is 0 Å². The average Bonchev–Trinajstić information content (AvgIpc) is 2.03. The van der Waals surface area contributed by atoms with Gasteiger partial charge in [-0.1, -0.05) is 0 Å². The Bertz CT molecular complexity index is 369. The summed E-state index contributed by atoms with van der Waals surface area (Å²) in [6.07, 6.45) is 1.42. The molecule has 0 aromatic carbocycles. The van der Waals surface area contributed by atoms with Crippen LogP contribution in [-0.4, -0.2) is 10.9 Å². The minimum Gasteiger partial charge on any atom is -0.364 e. The third-order valence-electron chi connectivity index (χ3n) is 1.21. The summed E-state index contributed by atoms with van der Waals surface area (Å²) in [7, 11) is 0. The molecule has 2 N–H and O–H groups in total. The highest BCUT2D eigenvalue weighted by atomic mass is 79.9. The van der Waals surface area contributed by atoms with Crippen molar-refractivity contribution in [3.8, 4) is 6.07 Å². The second-order valence-electron chi connectivity index (χ2n) is 2.03. The van der Waals surface area contributed by atoms with E-state index >= 15 is 0 Å². The van der Waals surface area contributed by atoms with Crippen LogP contribution in [0.3, 0.4) is 0 Å². The van der Waals surface area contributed by atoms with Crippen LogP contribution >= 0.6 is 15.9 Å². The maximum atomic E-state index is 10.7. The van der Waals surface area contributed by atoms with Crippen molar-refractivity contribution < 1.29 is 4.79 Å². The summed E-state index contributed by atoms with van der Waals surface area (Å²) in [4.78, 5) is 14.4. The number of nitrogens with zero attached hydrogens (tertiary/aromatic N) is 2. The zero-order valence-corrected chi connectivity index (χ0v) is 7.50. The lowest BCUT2D eigenvalue weighted by molar-refractivity contribution is 0.0995. The van der Waals surface area contributed by atoms with Gasteiger partial charge in [0.1, 0.15) is 11.8 Å². The lowest BCUT2D eigenvalue weighted by atomic mass is 10.2. The summed E-state index contributed by atoms with van der Waals surface area (Å²) < 4.78 is 0.643. The second-order valence-corrected chi connectivity index (χ2v) is 2.94. The number of aromatic nitrogens is 1. The predicted octanol–water partition coefficient (Wildman–Crippen LogP) is 0.815. The van der Waals surface area contributed by atoms with Crippen molar-refractivity contribution in [2.24, 2.45) is 5.73 Å². The van der Waals surface area contributed by atoms with E-state index in [9.17, 15) is 4.79 Å². The Morgan fingerprint density at radius 2 is 2.42 bits per heavy atom. The highest BCUT2D eigenvalue weighted by molar-refractivity contribution is 9.10. The van der Waals surface area contributed by atoms with Crippen LogP contribution < -0.4 is 5.73 Å². The fourth-order valence-corrected chi connectivity index (χ4v) is 1.05. The highest BCUT2D eigenvalue weighted by Crippen LogP contribution is 2.12. The first-order valence-corrected chi connectivity index (χ1v) is 3.80. The standard InChI is InChI=1S/C7H4BrN3O/c8-5-1-4(2-9)6(7(10)12)11-3-5/h1,3H,(H2,10,12). The monoisotopic (exact) mass is 225 g/mol. The number of nitrogens with two attached hydrogens (primary N) is 1. The van der Waals surface area contributed by atoms with E-state index in [1.54, 1.807) is 0 Å². The van der Waals surface area contributed by atoms with Gasteiger partial charge in [0.05, 0.1) is 5.56 Å². The van der Waals surface area contributed by atoms with Gasteiger partial charge in [-0.05, 0) is 22.0 Å². The zero-order chi connectivity index (χ0) is 9.14. The molecule has 0 fully saturated rings. The Balaban J connectivity index is 3.32. The molecule has 0 bridgehead atoms. The molecular weight excluding hydrogens is 222 g/mol. The molecule has 1 aromatic rings. The van der Waals surface area contributed by atoms with Crippen LogP contribution in [0.5, 0.6) is 0 Å². The van der Waals surface area contributed by atoms with E-state index < -0.39 is 5.91 Å². The lowest BCUT2D eigenvalue weighted by Gasteiger charge is -1.96. The van der Waals surface area contributed by atoms with Gasteiger partial charge >= 0.3 is 0 Å². The molecule has 0 aliphatic rings. The van der Waals surface area contributed by atoms with Crippen LogP contribution in [-0.2, 0) is 0 Å². The largest absolute Gasteiger partial charge is 0.364 e. The average molecular weight is 226 g/mol. The van der Waals surface area contributed by atoms with Crippen molar-refractivity contribution >= 4 is 21.8 Å². The molecule has 1 rings (SSSR count). The van der Waals surface area contributed by atoms with Gasteiger partial charge in [0.25, 0.3) is 5.91 Å². The van der Waals surface area contributed by atoms with E-state index in [2.05, 4.69) is 20.9 Å². The maximum absolute atomic E-state index is 10.7.